The van der Waals surface area contributed by atoms with Gasteiger partial charge in [-0.25, -0.2) is 0 Å². The Bertz CT molecular complexity index is 868. The third-order valence-electron chi connectivity index (χ3n) is 3.99. The molecule has 0 atom stereocenters. The summed E-state index contributed by atoms with van der Waals surface area (Å²) in [6.07, 6.45) is 4.29. The van der Waals surface area contributed by atoms with Crippen LogP contribution >= 0.6 is 0 Å². The molecule has 2 rings (SSSR count). The fourth-order valence-electron chi connectivity index (χ4n) is 2.56. The molecule has 0 saturated heterocycles. The van der Waals surface area contributed by atoms with E-state index in [-0.39, 0.29) is 5.56 Å². The number of benzene rings is 2. The second-order valence-corrected chi connectivity index (χ2v) is 6.11. The Morgan fingerprint density at radius 1 is 1.04 bits per heavy atom. The fourth-order valence-corrected chi connectivity index (χ4v) is 2.56. The molecule has 0 aliphatic carbocycles. The van der Waals surface area contributed by atoms with Crippen molar-refractivity contribution in [3.05, 3.63) is 68.3 Å². The van der Waals surface area contributed by atoms with Crippen molar-refractivity contribution in [3.8, 4) is 5.75 Å². The predicted octanol–water partition coefficient (Wildman–Crippen LogP) is 4.71. The molecule has 0 bridgehead atoms. The highest BCUT2D eigenvalue weighted by Crippen LogP contribution is 2.26. The Balaban J connectivity index is 2.09. The average Bonchev–Trinajstić information content (AvgIpc) is 2.67. The van der Waals surface area contributed by atoms with E-state index in [0.717, 1.165) is 43.9 Å². The van der Waals surface area contributed by atoms with Crippen molar-refractivity contribution in [1.29, 1.82) is 0 Å². The van der Waals surface area contributed by atoms with Gasteiger partial charge >= 0.3 is 0 Å². The molecule has 1 N–H and O–H groups in total. The van der Waals surface area contributed by atoms with Crippen LogP contribution in [0.5, 0.6) is 5.75 Å². The molecule has 2 aromatic rings. The molecule has 28 heavy (non-hydrogen) atoms. The number of amides is 1. The van der Waals surface area contributed by atoms with Crippen molar-refractivity contribution in [2.45, 2.75) is 32.6 Å². The molecular weight excluding hydrogens is 366 g/mol. The van der Waals surface area contributed by atoms with E-state index < -0.39 is 27.1 Å². The Kier molecular flexibility index (Phi) is 7.44. The summed E-state index contributed by atoms with van der Waals surface area (Å²) in [5.41, 5.74) is -0.943. The summed E-state index contributed by atoms with van der Waals surface area (Å²) in [5, 5.41) is 24.5. The number of non-ortho nitro benzene ring substituents is 1. The molecule has 9 heteroatoms. The monoisotopic (exact) mass is 387 g/mol. The largest absolute Gasteiger partial charge is 0.494 e. The van der Waals surface area contributed by atoms with Gasteiger partial charge in [0.2, 0.25) is 0 Å². The zero-order valence-corrected chi connectivity index (χ0v) is 15.4. The molecule has 0 aromatic heterocycles. The molecule has 0 spiro atoms. The van der Waals surface area contributed by atoms with E-state index in [9.17, 15) is 25.0 Å². The minimum Gasteiger partial charge on any atom is -0.494 e. The van der Waals surface area contributed by atoms with Crippen molar-refractivity contribution < 1.29 is 19.4 Å². The maximum Gasteiger partial charge on any atom is 0.289 e. The van der Waals surface area contributed by atoms with Gasteiger partial charge in [-0.1, -0.05) is 32.3 Å². The first-order valence-corrected chi connectivity index (χ1v) is 8.89. The van der Waals surface area contributed by atoms with Crippen LogP contribution in [0.4, 0.5) is 17.1 Å². The van der Waals surface area contributed by atoms with E-state index >= 15 is 0 Å². The van der Waals surface area contributed by atoms with Gasteiger partial charge in [0.15, 0.2) is 0 Å². The number of anilines is 1. The highest BCUT2D eigenvalue weighted by Gasteiger charge is 2.24. The summed E-state index contributed by atoms with van der Waals surface area (Å²) in [7, 11) is 0. The van der Waals surface area contributed by atoms with Gasteiger partial charge in [0.05, 0.1) is 22.5 Å². The number of hydrogen-bond acceptors (Lipinski definition) is 6. The van der Waals surface area contributed by atoms with Gasteiger partial charge in [-0.05, 0) is 24.6 Å². The van der Waals surface area contributed by atoms with Crippen molar-refractivity contribution >= 4 is 23.0 Å². The molecule has 9 nitrogen and oxygen atoms in total. The summed E-state index contributed by atoms with van der Waals surface area (Å²) in [6.45, 7) is 2.69. The van der Waals surface area contributed by atoms with Crippen LogP contribution in [-0.2, 0) is 0 Å². The van der Waals surface area contributed by atoms with Crippen LogP contribution < -0.4 is 10.1 Å². The Hall–Kier alpha value is -3.49. The molecule has 2 aromatic carbocycles. The summed E-state index contributed by atoms with van der Waals surface area (Å²) in [5.74, 6) is -0.158. The molecular formula is C19H21N3O6. The van der Waals surface area contributed by atoms with E-state index in [0.29, 0.717) is 18.0 Å². The lowest BCUT2D eigenvalue weighted by molar-refractivity contribution is -0.394. The van der Waals surface area contributed by atoms with Crippen LogP contribution in [0.2, 0.25) is 0 Å². The second-order valence-electron chi connectivity index (χ2n) is 6.11. The molecule has 148 valence electrons. The van der Waals surface area contributed by atoms with Crippen molar-refractivity contribution in [3.63, 3.8) is 0 Å². The summed E-state index contributed by atoms with van der Waals surface area (Å²) in [6, 6.07) is 9.58. The summed E-state index contributed by atoms with van der Waals surface area (Å²) in [4.78, 5) is 32.8. The predicted molar refractivity (Wildman–Crippen MR) is 104 cm³/mol. The molecule has 0 fully saturated rings. The van der Waals surface area contributed by atoms with E-state index in [1.165, 1.54) is 0 Å². The van der Waals surface area contributed by atoms with Gasteiger partial charge < -0.3 is 10.1 Å². The first-order chi connectivity index (χ1) is 13.4. The minimum atomic E-state index is -0.822. The van der Waals surface area contributed by atoms with Gasteiger partial charge in [0.1, 0.15) is 11.3 Å². The number of rotatable bonds is 10. The van der Waals surface area contributed by atoms with E-state index in [4.69, 9.17) is 4.74 Å². The van der Waals surface area contributed by atoms with E-state index in [1.807, 2.05) is 0 Å². The van der Waals surface area contributed by atoms with Crippen LogP contribution in [0.3, 0.4) is 0 Å². The molecule has 0 saturated carbocycles. The number of unbranched alkanes of at least 4 members (excludes halogenated alkanes) is 3. The molecule has 0 heterocycles. The van der Waals surface area contributed by atoms with Crippen LogP contribution in [0.15, 0.2) is 42.5 Å². The van der Waals surface area contributed by atoms with Crippen LogP contribution in [-0.4, -0.2) is 22.4 Å². The number of nitro groups is 2. The summed E-state index contributed by atoms with van der Waals surface area (Å²) < 4.78 is 5.65. The minimum absolute atomic E-state index is 0.263. The third kappa shape index (κ3) is 5.76. The van der Waals surface area contributed by atoms with Crippen molar-refractivity contribution in [2.24, 2.45) is 0 Å². The number of hydrogen-bond donors (Lipinski definition) is 1. The van der Waals surface area contributed by atoms with Crippen LogP contribution in [0.25, 0.3) is 0 Å². The average molecular weight is 387 g/mol. The Morgan fingerprint density at radius 2 is 1.82 bits per heavy atom. The fraction of sp³-hybridized carbons (Fsp3) is 0.316. The van der Waals surface area contributed by atoms with Gasteiger partial charge in [-0.15, -0.1) is 0 Å². The molecule has 1 amide bonds. The third-order valence-corrected chi connectivity index (χ3v) is 3.99. The Morgan fingerprint density at radius 3 is 2.50 bits per heavy atom. The number of nitrogens with zero attached hydrogens (tertiary/aromatic N) is 2. The van der Waals surface area contributed by atoms with Gasteiger partial charge in [0.25, 0.3) is 17.3 Å². The Labute approximate surface area is 161 Å². The number of ether oxygens (including phenoxy) is 1. The molecule has 0 unspecified atom stereocenters. The summed E-state index contributed by atoms with van der Waals surface area (Å²) >= 11 is 0. The standard InChI is InChI=1S/C19H21N3O6/c1-2-3-4-5-11-28-16-8-6-7-14(12-16)20-19(23)17-10-9-15(21(24)25)13-18(17)22(26)27/h6-10,12-13H,2-5,11H2,1H3,(H,20,23). The van der Waals surface area contributed by atoms with Crippen molar-refractivity contribution in [2.75, 3.05) is 11.9 Å². The maximum atomic E-state index is 12.4. The topological polar surface area (TPSA) is 125 Å². The number of carbonyl (C=O) groups excluding carboxylic acids is 1. The van der Waals surface area contributed by atoms with Crippen LogP contribution in [0, 0.1) is 20.2 Å². The SMILES string of the molecule is CCCCCCOc1cccc(NC(=O)c2ccc([N+](=O)[O-])cc2[N+](=O)[O-])c1. The molecule has 0 aliphatic heterocycles. The van der Waals surface area contributed by atoms with Crippen LogP contribution in [0.1, 0.15) is 43.0 Å². The number of carbonyl (C=O) groups is 1. The molecule has 0 aliphatic rings. The number of nitro benzene ring substituents is 2. The zero-order chi connectivity index (χ0) is 20.5. The second kappa shape index (κ2) is 10.0. The van der Waals surface area contributed by atoms with Crippen molar-refractivity contribution in [1.82, 2.24) is 0 Å². The highest BCUT2D eigenvalue weighted by atomic mass is 16.6. The lowest BCUT2D eigenvalue weighted by Gasteiger charge is -2.09. The quantitative estimate of drug-likeness (QED) is 0.357. The first-order valence-electron chi connectivity index (χ1n) is 8.89. The van der Waals surface area contributed by atoms with Gasteiger partial charge in [-0.2, -0.15) is 0 Å². The lowest BCUT2D eigenvalue weighted by Crippen LogP contribution is -2.14. The van der Waals surface area contributed by atoms with E-state index in [1.54, 1.807) is 24.3 Å². The zero-order valence-electron chi connectivity index (χ0n) is 15.4. The first kappa shape index (κ1) is 20.8. The van der Waals surface area contributed by atoms with Gasteiger partial charge in [-0.3, -0.25) is 25.0 Å². The molecule has 0 radical (unpaired) electrons. The lowest BCUT2D eigenvalue weighted by atomic mass is 10.1. The van der Waals surface area contributed by atoms with E-state index in [2.05, 4.69) is 12.2 Å². The smallest absolute Gasteiger partial charge is 0.289 e. The van der Waals surface area contributed by atoms with Gasteiger partial charge in [0, 0.05) is 17.8 Å². The number of nitrogens with one attached hydrogen (secondary N) is 1. The highest BCUT2D eigenvalue weighted by molar-refractivity contribution is 6.07. The normalized spacial score (nSPS) is 10.3. The maximum absolute atomic E-state index is 12.4.